The number of carbonyl (C=O) groups is 2. The number of carboxylic acids is 1. The molecular weight excluding hydrogens is 359 g/mol. The molecule has 0 aromatic heterocycles. The minimum Gasteiger partial charge on any atom is -0.481 e. The molecule has 0 aromatic carbocycles. The predicted molar refractivity (Wildman–Crippen MR) is 82.3 cm³/mol. The van der Waals surface area contributed by atoms with Crippen LogP contribution in [0.1, 0.15) is 6.92 Å². The fourth-order valence-electron chi connectivity index (χ4n) is 2.69. The van der Waals surface area contributed by atoms with Crippen molar-refractivity contribution in [1.82, 2.24) is 5.32 Å². The first-order valence-electron chi connectivity index (χ1n) is 7.46. The summed E-state index contributed by atoms with van der Waals surface area (Å²) in [6.45, 7) is 1.07. The van der Waals surface area contributed by atoms with Crippen LogP contribution in [-0.4, -0.2) is 75.4 Å². The number of aliphatic hydroxyl groups is 2. The Morgan fingerprint density at radius 1 is 1.44 bits per heavy atom. The fraction of sp³-hybridized carbons (Fsp3) is 0.692. The van der Waals surface area contributed by atoms with E-state index < -0.39 is 68.7 Å². The molecule has 1 saturated heterocycles. The zero-order chi connectivity index (χ0) is 18.9. The van der Waals surface area contributed by atoms with Crippen LogP contribution in [0, 0.1) is 5.92 Å². The van der Waals surface area contributed by atoms with Crippen molar-refractivity contribution in [3.8, 4) is 0 Å². The number of amides is 1. The lowest BCUT2D eigenvalue weighted by Gasteiger charge is -2.29. The van der Waals surface area contributed by atoms with Crippen LogP contribution in [0.15, 0.2) is 11.6 Å². The highest BCUT2D eigenvalue weighted by Gasteiger charge is 2.49. The largest absolute Gasteiger partial charge is 0.481 e. The van der Waals surface area contributed by atoms with Gasteiger partial charge in [-0.05, 0) is 12.5 Å². The van der Waals surface area contributed by atoms with Crippen molar-refractivity contribution in [3.05, 3.63) is 11.6 Å². The van der Waals surface area contributed by atoms with Gasteiger partial charge in [-0.25, -0.2) is 0 Å². The normalized spacial score (nSPS) is 38.0. The first-order chi connectivity index (χ1) is 11.5. The molecule has 0 spiro atoms. The molecular formula is C13H21N2O9P. The zero-order valence-electron chi connectivity index (χ0n) is 13.3. The van der Waals surface area contributed by atoms with Gasteiger partial charge >= 0.3 is 13.6 Å². The van der Waals surface area contributed by atoms with Crippen molar-refractivity contribution in [2.75, 3.05) is 12.8 Å². The first-order valence-corrected chi connectivity index (χ1v) is 9.22. The van der Waals surface area contributed by atoms with Crippen molar-refractivity contribution < 1.29 is 43.6 Å². The van der Waals surface area contributed by atoms with Crippen LogP contribution in [0.25, 0.3) is 0 Å². The number of aliphatic hydroxyl groups excluding tert-OH is 2. The van der Waals surface area contributed by atoms with Gasteiger partial charge in [0.15, 0.2) is 0 Å². The van der Waals surface area contributed by atoms with Gasteiger partial charge in [-0.15, -0.1) is 0 Å². The van der Waals surface area contributed by atoms with E-state index in [1.807, 2.05) is 0 Å². The maximum atomic E-state index is 12.0. The second-order valence-electron chi connectivity index (χ2n) is 6.03. The molecule has 7 atom stereocenters. The van der Waals surface area contributed by atoms with Gasteiger partial charge in [-0.1, -0.05) is 6.08 Å². The van der Waals surface area contributed by atoms with Gasteiger partial charge in [0, 0.05) is 0 Å². The Hall–Kier alpha value is -1.33. The van der Waals surface area contributed by atoms with Crippen LogP contribution >= 0.6 is 7.60 Å². The minimum atomic E-state index is -4.41. The highest BCUT2D eigenvalue weighted by atomic mass is 31.2. The monoisotopic (exact) mass is 380 g/mol. The van der Waals surface area contributed by atoms with Crippen LogP contribution in [0.2, 0.25) is 0 Å². The van der Waals surface area contributed by atoms with Crippen LogP contribution in [0.5, 0.6) is 0 Å². The highest BCUT2D eigenvalue weighted by molar-refractivity contribution is 7.53. The van der Waals surface area contributed by atoms with E-state index in [0.29, 0.717) is 5.57 Å². The zero-order valence-corrected chi connectivity index (χ0v) is 14.2. The van der Waals surface area contributed by atoms with Gasteiger partial charge in [-0.2, -0.15) is 0 Å². The number of carbonyl (C=O) groups excluding carboxylic acids is 1. The fourth-order valence-corrected chi connectivity index (χ4v) is 3.50. The molecule has 25 heavy (non-hydrogen) atoms. The number of nitrogens with one attached hydrogen (secondary N) is 1. The molecule has 2 rings (SSSR count). The Labute approximate surface area is 142 Å². The number of carboxylic acid groups (broad SMARTS) is 1. The van der Waals surface area contributed by atoms with Gasteiger partial charge in [-0.3, -0.25) is 14.2 Å². The highest BCUT2D eigenvalue weighted by Crippen LogP contribution is 2.42. The van der Waals surface area contributed by atoms with Gasteiger partial charge in [0.25, 0.3) is 0 Å². The van der Waals surface area contributed by atoms with E-state index in [1.54, 1.807) is 6.92 Å². The van der Waals surface area contributed by atoms with Crippen molar-refractivity contribution >= 4 is 19.5 Å². The molecule has 12 heteroatoms. The lowest BCUT2D eigenvalue weighted by atomic mass is 9.90. The summed E-state index contributed by atoms with van der Waals surface area (Å²) < 4.78 is 21.6. The molecule has 142 valence electrons. The topological polar surface area (TPSA) is 189 Å². The van der Waals surface area contributed by atoms with E-state index in [0.717, 1.165) is 0 Å². The first kappa shape index (κ1) is 20.0. The summed E-state index contributed by atoms with van der Waals surface area (Å²) in [5, 5.41) is 31.2. The molecule has 7 N–H and O–H groups in total. The van der Waals surface area contributed by atoms with Gasteiger partial charge in [0.1, 0.15) is 30.6 Å². The smallest absolute Gasteiger partial charge is 0.339 e. The third-order valence-corrected chi connectivity index (χ3v) is 5.29. The number of aliphatic carboxylic acids is 1. The van der Waals surface area contributed by atoms with Gasteiger partial charge < -0.3 is 40.5 Å². The molecule has 0 saturated carbocycles. The third kappa shape index (κ3) is 4.64. The molecule has 2 aliphatic heterocycles. The van der Waals surface area contributed by atoms with Crippen molar-refractivity contribution in [3.63, 3.8) is 0 Å². The van der Waals surface area contributed by atoms with E-state index >= 15 is 0 Å². The molecule has 0 radical (unpaired) electrons. The standard InChI is InChI=1S/C13H21N2O9P/c1-5-2-6(13(20)15-12(5)14)11-10(19)9(18)7(24-11)3-23-25(21,22)4-8(16)17/h2,6-7,9-12,18-19H,3-4,14H2,1H3,(H,15,20)(H,16,17)(H,21,22)/t6-,7+,9+,10-,11-,12-/m0/s1. The maximum Gasteiger partial charge on any atom is 0.339 e. The van der Waals surface area contributed by atoms with Gasteiger partial charge in [0.2, 0.25) is 5.91 Å². The van der Waals surface area contributed by atoms with Crippen molar-refractivity contribution in [1.29, 1.82) is 0 Å². The van der Waals surface area contributed by atoms with Crippen molar-refractivity contribution in [2.45, 2.75) is 37.5 Å². The van der Waals surface area contributed by atoms with Crippen LogP contribution in [0.3, 0.4) is 0 Å². The van der Waals surface area contributed by atoms with E-state index in [9.17, 15) is 29.3 Å². The van der Waals surface area contributed by atoms with E-state index in [1.165, 1.54) is 6.08 Å². The third-order valence-electron chi connectivity index (χ3n) is 4.06. The quantitative estimate of drug-likeness (QED) is 0.217. The Kier molecular flexibility index (Phi) is 6.00. The Bertz CT molecular complexity index is 625. The van der Waals surface area contributed by atoms with Crippen LogP contribution < -0.4 is 11.1 Å². The summed E-state index contributed by atoms with van der Waals surface area (Å²) >= 11 is 0. The summed E-state index contributed by atoms with van der Waals surface area (Å²) in [6.07, 6.45) is -5.47. The number of rotatable bonds is 6. The molecule has 11 nitrogen and oxygen atoms in total. The molecule has 0 aromatic rings. The number of ether oxygens (including phenoxy) is 1. The molecule has 1 fully saturated rings. The SMILES string of the molecule is CC1=C[C@@H]([C@@H]2O[C@H](COP(=O)(O)CC(=O)O)[C@@H](O)[C@@H]2O)C(=O)N[C@@H]1N. The average Bonchev–Trinajstić information content (AvgIpc) is 2.76. The van der Waals surface area contributed by atoms with Crippen LogP contribution in [0.4, 0.5) is 0 Å². The molecule has 2 aliphatic rings. The maximum absolute atomic E-state index is 12.0. The van der Waals surface area contributed by atoms with E-state index in [4.69, 9.17) is 15.6 Å². The predicted octanol–water partition coefficient (Wildman–Crippen LogP) is -2.26. The molecule has 1 amide bonds. The van der Waals surface area contributed by atoms with E-state index in [2.05, 4.69) is 9.84 Å². The van der Waals surface area contributed by atoms with Crippen molar-refractivity contribution in [2.24, 2.45) is 11.7 Å². The van der Waals surface area contributed by atoms with E-state index in [-0.39, 0.29) is 0 Å². The second kappa shape index (κ2) is 7.50. The number of hydrogen-bond acceptors (Lipinski definition) is 8. The molecule has 2 heterocycles. The lowest BCUT2D eigenvalue weighted by molar-refractivity contribution is -0.134. The lowest BCUT2D eigenvalue weighted by Crippen LogP contribution is -2.52. The Morgan fingerprint density at radius 3 is 2.68 bits per heavy atom. The number of hydrogen-bond donors (Lipinski definition) is 6. The summed E-state index contributed by atoms with van der Waals surface area (Å²) in [4.78, 5) is 31.9. The average molecular weight is 380 g/mol. The molecule has 0 bridgehead atoms. The summed E-state index contributed by atoms with van der Waals surface area (Å²) in [5.41, 5.74) is 6.32. The summed E-state index contributed by atoms with van der Waals surface area (Å²) in [6, 6.07) is 0. The molecule has 1 unspecified atom stereocenters. The number of nitrogens with two attached hydrogens (primary N) is 1. The van der Waals surface area contributed by atoms with Crippen LogP contribution in [-0.2, 0) is 23.4 Å². The second-order valence-corrected chi connectivity index (χ2v) is 7.88. The summed E-state index contributed by atoms with van der Waals surface area (Å²) in [5.74, 6) is -2.92. The Balaban J connectivity index is 2.04. The molecule has 0 aliphatic carbocycles. The summed E-state index contributed by atoms with van der Waals surface area (Å²) in [7, 11) is -4.41. The van der Waals surface area contributed by atoms with Gasteiger partial charge in [0.05, 0.1) is 18.7 Å². The minimum absolute atomic E-state index is 0.491. The Morgan fingerprint density at radius 2 is 2.08 bits per heavy atom.